The minimum Gasteiger partial charge on any atom is -0.493 e. The summed E-state index contributed by atoms with van der Waals surface area (Å²) in [5.74, 6) is 1.70. The fraction of sp³-hybridized carbons (Fsp3) is 0.455. The van der Waals surface area contributed by atoms with E-state index in [2.05, 4.69) is 0 Å². The Bertz CT molecular complexity index is 352. The summed E-state index contributed by atoms with van der Waals surface area (Å²) >= 11 is 0. The number of nitrogens with zero attached hydrogens (tertiary/aromatic N) is 1. The van der Waals surface area contributed by atoms with Crippen molar-refractivity contribution in [3.05, 3.63) is 17.7 Å². The van der Waals surface area contributed by atoms with Crippen LogP contribution >= 0.6 is 0 Å². The molecule has 0 unspecified atom stereocenters. The van der Waals surface area contributed by atoms with Gasteiger partial charge in [0.15, 0.2) is 11.5 Å². The third-order valence-electron chi connectivity index (χ3n) is 2.18. The maximum absolute atomic E-state index is 9.22. The summed E-state index contributed by atoms with van der Waals surface area (Å²) in [5, 5.41) is 10.3. The molecule has 0 heterocycles. The lowest BCUT2D eigenvalue weighted by Gasteiger charge is -2.17. The van der Waals surface area contributed by atoms with E-state index in [1.54, 1.807) is 34.4 Å². The summed E-state index contributed by atoms with van der Waals surface area (Å²) in [6.07, 6.45) is 0. The summed E-state index contributed by atoms with van der Waals surface area (Å²) in [4.78, 5) is 0. The SMILES string of the molecule is COc1ccc(CN(C)O)c(OC)c1OC. The number of rotatable bonds is 5. The van der Waals surface area contributed by atoms with Gasteiger partial charge in [-0.05, 0) is 12.1 Å². The second kappa shape index (κ2) is 5.58. The lowest BCUT2D eigenvalue weighted by molar-refractivity contribution is -0.0735. The van der Waals surface area contributed by atoms with Crippen molar-refractivity contribution in [3.8, 4) is 17.2 Å². The van der Waals surface area contributed by atoms with Crippen LogP contribution in [0.25, 0.3) is 0 Å². The Morgan fingerprint density at radius 3 is 2.12 bits per heavy atom. The second-order valence-corrected chi connectivity index (χ2v) is 3.31. The molecular formula is C11H17NO4. The minimum absolute atomic E-state index is 0.351. The van der Waals surface area contributed by atoms with Crippen molar-refractivity contribution in [3.63, 3.8) is 0 Å². The molecule has 0 bridgehead atoms. The third-order valence-corrected chi connectivity index (χ3v) is 2.18. The molecule has 0 saturated carbocycles. The summed E-state index contributed by atoms with van der Waals surface area (Å²) in [6, 6.07) is 3.60. The van der Waals surface area contributed by atoms with Gasteiger partial charge < -0.3 is 19.4 Å². The summed E-state index contributed by atoms with van der Waals surface area (Å²) < 4.78 is 15.7. The zero-order valence-corrected chi connectivity index (χ0v) is 9.98. The minimum atomic E-state index is 0.351. The molecule has 5 nitrogen and oxygen atoms in total. The highest BCUT2D eigenvalue weighted by Gasteiger charge is 2.16. The quantitative estimate of drug-likeness (QED) is 0.773. The standard InChI is InChI=1S/C11H17NO4/c1-12(13)7-8-5-6-9(14-2)11(16-4)10(8)15-3/h5-6,13H,7H2,1-4H3. The highest BCUT2D eigenvalue weighted by molar-refractivity contribution is 5.55. The fourth-order valence-electron chi connectivity index (χ4n) is 1.53. The zero-order chi connectivity index (χ0) is 12.1. The van der Waals surface area contributed by atoms with Crippen molar-refractivity contribution >= 4 is 0 Å². The molecule has 1 aromatic carbocycles. The molecule has 0 amide bonds. The molecule has 1 aromatic rings. The van der Waals surface area contributed by atoms with E-state index in [-0.39, 0.29) is 0 Å². The largest absolute Gasteiger partial charge is 0.493 e. The van der Waals surface area contributed by atoms with Gasteiger partial charge in [-0.15, -0.1) is 0 Å². The van der Waals surface area contributed by atoms with E-state index in [1.807, 2.05) is 6.07 Å². The van der Waals surface area contributed by atoms with E-state index in [4.69, 9.17) is 14.2 Å². The number of benzene rings is 1. The molecule has 0 radical (unpaired) electrons. The van der Waals surface area contributed by atoms with Gasteiger partial charge in [0.05, 0.1) is 27.9 Å². The first-order valence-electron chi connectivity index (χ1n) is 4.81. The van der Waals surface area contributed by atoms with Crippen LogP contribution in [0.5, 0.6) is 17.2 Å². The average molecular weight is 227 g/mol. The van der Waals surface area contributed by atoms with Crippen molar-refractivity contribution in [1.29, 1.82) is 0 Å². The maximum atomic E-state index is 9.22. The molecule has 0 aliphatic rings. The van der Waals surface area contributed by atoms with Crippen LogP contribution in [0, 0.1) is 0 Å². The van der Waals surface area contributed by atoms with Crippen molar-refractivity contribution in [2.45, 2.75) is 6.54 Å². The Labute approximate surface area is 95.1 Å². The van der Waals surface area contributed by atoms with Crippen LogP contribution in [0.2, 0.25) is 0 Å². The molecule has 16 heavy (non-hydrogen) atoms. The highest BCUT2D eigenvalue weighted by atomic mass is 16.5. The molecule has 0 aromatic heterocycles. The smallest absolute Gasteiger partial charge is 0.203 e. The van der Waals surface area contributed by atoms with Gasteiger partial charge in [-0.2, -0.15) is 5.06 Å². The van der Waals surface area contributed by atoms with Gasteiger partial charge in [0, 0.05) is 12.6 Å². The molecule has 1 rings (SSSR count). The highest BCUT2D eigenvalue weighted by Crippen LogP contribution is 2.39. The van der Waals surface area contributed by atoms with E-state index >= 15 is 0 Å². The predicted molar refractivity (Wildman–Crippen MR) is 59.4 cm³/mol. The molecule has 0 spiro atoms. The van der Waals surface area contributed by atoms with E-state index in [9.17, 15) is 5.21 Å². The molecule has 0 fully saturated rings. The first kappa shape index (κ1) is 12.6. The van der Waals surface area contributed by atoms with Crippen LogP contribution in [0.3, 0.4) is 0 Å². The van der Waals surface area contributed by atoms with Crippen molar-refractivity contribution in [2.75, 3.05) is 28.4 Å². The lowest BCUT2D eigenvalue weighted by atomic mass is 10.1. The Kier molecular flexibility index (Phi) is 4.39. The summed E-state index contributed by atoms with van der Waals surface area (Å²) in [6.45, 7) is 0.351. The van der Waals surface area contributed by atoms with Gasteiger partial charge in [-0.25, -0.2) is 0 Å². The number of hydrogen-bond donors (Lipinski definition) is 1. The topological polar surface area (TPSA) is 51.2 Å². The monoisotopic (exact) mass is 227 g/mol. The number of hydroxylamine groups is 2. The van der Waals surface area contributed by atoms with Crippen molar-refractivity contribution in [2.24, 2.45) is 0 Å². The van der Waals surface area contributed by atoms with Gasteiger partial charge >= 0.3 is 0 Å². The first-order chi connectivity index (χ1) is 7.63. The predicted octanol–water partition coefficient (Wildman–Crippen LogP) is 1.53. The molecular weight excluding hydrogens is 210 g/mol. The Morgan fingerprint density at radius 2 is 1.69 bits per heavy atom. The molecule has 0 aliphatic heterocycles. The molecule has 90 valence electrons. The summed E-state index contributed by atoms with van der Waals surface area (Å²) in [5.41, 5.74) is 0.824. The molecule has 0 atom stereocenters. The van der Waals surface area contributed by atoms with Crippen LogP contribution in [-0.4, -0.2) is 38.6 Å². The Hall–Kier alpha value is -1.46. The van der Waals surface area contributed by atoms with Crippen molar-refractivity contribution < 1.29 is 19.4 Å². The molecule has 1 N–H and O–H groups in total. The van der Waals surface area contributed by atoms with Gasteiger partial charge in [-0.3, -0.25) is 0 Å². The van der Waals surface area contributed by atoms with Crippen LogP contribution in [-0.2, 0) is 6.54 Å². The fourth-order valence-corrected chi connectivity index (χ4v) is 1.53. The van der Waals surface area contributed by atoms with Crippen LogP contribution < -0.4 is 14.2 Å². The Morgan fingerprint density at radius 1 is 1.06 bits per heavy atom. The number of ether oxygens (including phenoxy) is 3. The van der Waals surface area contributed by atoms with Gasteiger partial charge in [0.1, 0.15) is 0 Å². The van der Waals surface area contributed by atoms with Gasteiger partial charge in [-0.1, -0.05) is 0 Å². The van der Waals surface area contributed by atoms with Crippen LogP contribution in [0.1, 0.15) is 5.56 Å². The first-order valence-corrected chi connectivity index (χ1v) is 4.81. The third kappa shape index (κ3) is 2.56. The maximum Gasteiger partial charge on any atom is 0.203 e. The second-order valence-electron chi connectivity index (χ2n) is 3.31. The van der Waals surface area contributed by atoms with Crippen LogP contribution in [0.4, 0.5) is 0 Å². The van der Waals surface area contributed by atoms with E-state index in [0.717, 1.165) is 10.6 Å². The molecule has 0 saturated heterocycles. The number of hydrogen-bond acceptors (Lipinski definition) is 5. The zero-order valence-electron chi connectivity index (χ0n) is 9.98. The van der Waals surface area contributed by atoms with Gasteiger partial charge in [0.2, 0.25) is 5.75 Å². The Balaban J connectivity index is 3.20. The van der Waals surface area contributed by atoms with E-state index in [0.29, 0.717) is 23.8 Å². The van der Waals surface area contributed by atoms with E-state index < -0.39 is 0 Å². The normalized spacial score (nSPS) is 10.4. The van der Waals surface area contributed by atoms with Gasteiger partial charge in [0.25, 0.3) is 0 Å². The molecule has 0 aliphatic carbocycles. The summed E-state index contributed by atoms with van der Waals surface area (Å²) in [7, 11) is 6.23. The average Bonchev–Trinajstić information content (AvgIpc) is 2.27. The van der Waals surface area contributed by atoms with E-state index in [1.165, 1.54) is 0 Å². The van der Waals surface area contributed by atoms with Crippen molar-refractivity contribution in [1.82, 2.24) is 5.06 Å². The molecule has 5 heteroatoms. The lowest BCUT2D eigenvalue weighted by Crippen LogP contribution is -2.13. The number of methoxy groups -OCH3 is 3. The van der Waals surface area contributed by atoms with Crippen LogP contribution in [0.15, 0.2) is 12.1 Å².